The van der Waals surface area contributed by atoms with Crippen molar-refractivity contribution in [3.05, 3.63) is 35.7 Å². The number of nitrogens with one attached hydrogen (secondary N) is 2. The average molecular weight is 233 g/mol. The third kappa shape index (κ3) is 2.12. The zero-order valence-corrected chi connectivity index (χ0v) is 8.88. The van der Waals surface area contributed by atoms with Crippen molar-refractivity contribution in [3.8, 4) is 0 Å². The quantitative estimate of drug-likeness (QED) is 0.407. The standard InChI is InChI=1S/C10H7N3O2S/c14-8-7(9(15)13-10(16)12-8)5-6-3-1-2-4-11-6/h1-5H,(H2,12,13,14,15,16). The molecule has 2 heterocycles. The molecule has 2 N–H and O–H groups in total. The predicted octanol–water partition coefficient (Wildman–Crippen LogP) is -0.00410. The van der Waals surface area contributed by atoms with Gasteiger partial charge in [-0.05, 0) is 30.4 Å². The highest BCUT2D eigenvalue weighted by molar-refractivity contribution is 7.80. The van der Waals surface area contributed by atoms with E-state index in [1.807, 2.05) is 0 Å². The molecule has 2 amide bonds. The molecule has 5 nitrogen and oxygen atoms in total. The molecule has 16 heavy (non-hydrogen) atoms. The Morgan fingerprint density at radius 1 is 1.19 bits per heavy atom. The summed E-state index contributed by atoms with van der Waals surface area (Å²) in [5.41, 5.74) is 0.530. The number of thiocarbonyl (C=S) groups is 1. The zero-order chi connectivity index (χ0) is 11.5. The molecule has 0 aromatic carbocycles. The van der Waals surface area contributed by atoms with Gasteiger partial charge in [-0.15, -0.1) is 0 Å². The number of carbonyl (C=O) groups excluding carboxylic acids is 2. The van der Waals surface area contributed by atoms with E-state index in [1.54, 1.807) is 24.4 Å². The van der Waals surface area contributed by atoms with Gasteiger partial charge in [-0.1, -0.05) is 6.07 Å². The van der Waals surface area contributed by atoms with Crippen LogP contribution in [0.3, 0.4) is 0 Å². The normalized spacial score (nSPS) is 15.5. The Balaban J connectivity index is 2.33. The van der Waals surface area contributed by atoms with Crippen LogP contribution in [-0.2, 0) is 9.59 Å². The van der Waals surface area contributed by atoms with Gasteiger partial charge in [0.05, 0.1) is 5.69 Å². The fourth-order valence-electron chi connectivity index (χ4n) is 1.22. The third-order valence-electron chi connectivity index (χ3n) is 1.92. The lowest BCUT2D eigenvalue weighted by Crippen LogP contribution is -2.51. The van der Waals surface area contributed by atoms with E-state index in [0.29, 0.717) is 5.69 Å². The molecule has 0 bridgehead atoms. The molecule has 80 valence electrons. The first-order valence-corrected chi connectivity index (χ1v) is 4.87. The van der Waals surface area contributed by atoms with Crippen LogP contribution in [0.25, 0.3) is 6.08 Å². The van der Waals surface area contributed by atoms with Gasteiger partial charge in [-0.3, -0.25) is 25.2 Å². The van der Waals surface area contributed by atoms with E-state index in [9.17, 15) is 9.59 Å². The second-order valence-corrected chi connectivity index (χ2v) is 3.46. The minimum Gasteiger partial charge on any atom is -0.299 e. The van der Waals surface area contributed by atoms with Crippen molar-refractivity contribution in [3.63, 3.8) is 0 Å². The minimum absolute atomic E-state index is 0.00713. The van der Waals surface area contributed by atoms with Crippen molar-refractivity contribution in [2.75, 3.05) is 0 Å². The lowest BCUT2D eigenvalue weighted by molar-refractivity contribution is -0.123. The lowest BCUT2D eigenvalue weighted by Gasteiger charge is -2.15. The van der Waals surface area contributed by atoms with Gasteiger partial charge in [-0.2, -0.15) is 0 Å². The molecule has 1 aromatic rings. The van der Waals surface area contributed by atoms with Crippen molar-refractivity contribution in [1.29, 1.82) is 0 Å². The number of hydrogen-bond donors (Lipinski definition) is 2. The Morgan fingerprint density at radius 2 is 1.88 bits per heavy atom. The summed E-state index contributed by atoms with van der Waals surface area (Å²) < 4.78 is 0. The topological polar surface area (TPSA) is 71.1 Å². The van der Waals surface area contributed by atoms with Crippen molar-refractivity contribution in [2.24, 2.45) is 0 Å². The molecule has 0 aliphatic carbocycles. The van der Waals surface area contributed by atoms with Crippen LogP contribution >= 0.6 is 12.2 Å². The number of rotatable bonds is 1. The summed E-state index contributed by atoms with van der Waals surface area (Å²) in [6.45, 7) is 0. The zero-order valence-electron chi connectivity index (χ0n) is 8.06. The SMILES string of the molecule is O=C1NC(=S)NC(=O)C1=Cc1ccccn1. The Morgan fingerprint density at radius 3 is 2.44 bits per heavy atom. The number of nitrogens with zero attached hydrogens (tertiary/aromatic N) is 1. The molecule has 0 unspecified atom stereocenters. The van der Waals surface area contributed by atoms with Gasteiger partial charge in [0, 0.05) is 6.20 Å². The second-order valence-electron chi connectivity index (χ2n) is 3.05. The molecule has 1 aromatic heterocycles. The summed E-state index contributed by atoms with van der Waals surface area (Å²) in [4.78, 5) is 26.9. The first kappa shape index (κ1) is 10.4. The van der Waals surface area contributed by atoms with E-state index < -0.39 is 11.8 Å². The summed E-state index contributed by atoms with van der Waals surface area (Å²) in [6.07, 6.45) is 2.99. The van der Waals surface area contributed by atoms with Gasteiger partial charge in [0.1, 0.15) is 5.57 Å². The second kappa shape index (κ2) is 4.19. The largest absolute Gasteiger partial charge is 0.299 e. The molecule has 1 aliphatic heterocycles. The maximum atomic E-state index is 11.5. The fraction of sp³-hybridized carbons (Fsp3) is 0. The van der Waals surface area contributed by atoms with Crippen molar-refractivity contribution in [1.82, 2.24) is 15.6 Å². The predicted molar refractivity (Wildman–Crippen MR) is 61.1 cm³/mol. The molecule has 0 spiro atoms. The van der Waals surface area contributed by atoms with Gasteiger partial charge in [0.2, 0.25) is 0 Å². The van der Waals surface area contributed by atoms with Crippen LogP contribution in [0.5, 0.6) is 0 Å². The van der Waals surface area contributed by atoms with Crippen LogP contribution in [0.1, 0.15) is 5.69 Å². The molecule has 1 saturated heterocycles. The molecule has 0 saturated carbocycles. The Labute approximate surface area is 96.6 Å². The average Bonchev–Trinajstić information content (AvgIpc) is 2.25. The highest BCUT2D eigenvalue weighted by Gasteiger charge is 2.25. The summed E-state index contributed by atoms with van der Waals surface area (Å²) >= 11 is 4.67. The highest BCUT2D eigenvalue weighted by atomic mass is 32.1. The van der Waals surface area contributed by atoms with Gasteiger partial charge >= 0.3 is 0 Å². The maximum absolute atomic E-state index is 11.5. The highest BCUT2D eigenvalue weighted by Crippen LogP contribution is 2.06. The Bertz CT molecular complexity index is 474. The van der Waals surface area contributed by atoms with Crippen LogP contribution < -0.4 is 10.6 Å². The van der Waals surface area contributed by atoms with E-state index in [0.717, 1.165) is 0 Å². The van der Waals surface area contributed by atoms with Gasteiger partial charge < -0.3 is 0 Å². The summed E-state index contributed by atoms with van der Waals surface area (Å²) in [5.74, 6) is -1.03. The van der Waals surface area contributed by atoms with Crippen LogP contribution in [0, 0.1) is 0 Å². The monoisotopic (exact) mass is 233 g/mol. The van der Waals surface area contributed by atoms with Crippen LogP contribution in [0.15, 0.2) is 30.0 Å². The first-order chi connectivity index (χ1) is 7.66. The molecular weight excluding hydrogens is 226 g/mol. The van der Waals surface area contributed by atoms with Crippen molar-refractivity contribution in [2.45, 2.75) is 0 Å². The molecule has 0 atom stereocenters. The van der Waals surface area contributed by atoms with E-state index in [1.165, 1.54) is 6.08 Å². The summed E-state index contributed by atoms with van der Waals surface area (Å²) in [6, 6.07) is 5.21. The number of carbonyl (C=O) groups is 2. The van der Waals surface area contributed by atoms with Crippen molar-refractivity contribution < 1.29 is 9.59 Å². The summed E-state index contributed by atoms with van der Waals surface area (Å²) in [5, 5.41) is 4.71. The number of amides is 2. The van der Waals surface area contributed by atoms with E-state index in [-0.39, 0.29) is 10.7 Å². The Kier molecular flexibility index (Phi) is 2.74. The number of hydrogen-bond acceptors (Lipinski definition) is 4. The molecule has 2 rings (SSSR count). The smallest absolute Gasteiger partial charge is 0.263 e. The molecular formula is C10H7N3O2S. The van der Waals surface area contributed by atoms with Crippen LogP contribution in [0.2, 0.25) is 0 Å². The van der Waals surface area contributed by atoms with E-state index >= 15 is 0 Å². The van der Waals surface area contributed by atoms with Crippen LogP contribution in [0.4, 0.5) is 0 Å². The Hall–Kier alpha value is -2.08. The lowest BCUT2D eigenvalue weighted by atomic mass is 10.1. The van der Waals surface area contributed by atoms with E-state index in [2.05, 4.69) is 27.8 Å². The van der Waals surface area contributed by atoms with Gasteiger partial charge in [0.15, 0.2) is 5.11 Å². The minimum atomic E-state index is -0.514. The van der Waals surface area contributed by atoms with E-state index in [4.69, 9.17) is 0 Å². The van der Waals surface area contributed by atoms with Crippen molar-refractivity contribution >= 4 is 35.2 Å². The van der Waals surface area contributed by atoms with Gasteiger partial charge in [-0.25, -0.2) is 0 Å². The summed E-state index contributed by atoms with van der Waals surface area (Å²) in [7, 11) is 0. The van der Waals surface area contributed by atoms with Gasteiger partial charge in [0.25, 0.3) is 11.8 Å². The first-order valence-electron chi connectivity index (χ1n) is 4.46. The molecule has 1 aliphatic rings. The molecule has 0 radical (unpaired) electrons. The molecule has 6 heteroatoms. The fourth-order valence-corrected chi connectivity index (χ4v) is 1.40. The molecule has 1 fully saturated rings. The maximum Gasteiger partial charge on any atom is 0.263 e. The third-order valence-corrected chi connectivity index (χ3v) is 2.13. The number of pyridine rings is 1. The van der Waals surface area contributed by atoms with Crippen LogP contribution in [-0.4, -0.2) is 21.9 Å². The number of aromatic nitrogens is 1.